The van der Waals surface area contributed by atoms with Gasteiger partial charge in [-0.05, 0) is 32.4 Å². The molecular formula is C14H21N3O3S2. The van der Waals surface area contributed by atoms with E-state index in [1.807, 2.05) is 13.8 Å². The lowest BCUT2D eigenvalue weighted by molar-refractivity contribution is -0.0455. The highest BCUT2D eigenvalue weighted by Crippen LogP contribution is 2.39. The normalized spacial score (nSPS) is 24.2. The van der Waals surface area contributed by atoms with Crippen molar-refractivity contribution in [2.24, 2.45) is 10.1 Å². The average Bonchev–Trinajstić information content (AvgIpc) is 2.76. The van der Waals surface area contributed by atoms with E-state index in [9.17, 15) is 13.5 Å². The first-order valence-corrected chi connectivity index (χ1v) is 9.58. The van der Waals surface area contributed by atoms with Gasteiger partial charge in [-0.1, -0.05) is 23.9 Å². The number of nitrogens with two attached hydrogens (primary N) is 1. The molecule has 0 saturated carbocycles. The Labute approximate surface area is 135 Å². The van der Waals surface area contributed by atoms with E-state index < -0.39 is 15.7 Å². The van der Waals surface area contributed by atoms with Crippen molar-refractivity contribution in [3.05, 3.63) is 29.3 Å². The number of hydrogen-bond acceptors (Lipinski definition) is 5. The van der Waals surface area contributed by atoms with Crippen molar-refractivity contribution >= 4 is 27.0 Å². The highest BCUT2D eigenvalue weighted by molar-refractivity contribution is 8.14. The highest BCUT2D eigenvalue weighted by Gasteiger charge is 2.44. The third-order valence-corrected chi connectivity index (χ3v) is 5.85. The number of amidine groups is 1. The summed E-state index contributed by atoms with van der Waals surface area (Å²) in [5.74, 6) is 0.396. The lowest BCUT2D eigenvalue weighted by Gasteiger charge is -2.34. The van der Waals surface area contributed by atoms with Gasteiger partial charge in [0.05, 0.1) is 10.6 Å². The quantitative estimate of drug-likeness (QED) is 0.857. The second-order valence-electron chi connectivity index (χ2n) is 5.13. The Morgan fingerprint density at radius 2 is 2.14 bits per heavy atom. The molecule has 1 aliphatic heterocycles. The first-order valence-electron chi connectivity index (χ1n) is 7.05. The van der Waals surface area contributed by atoms with Gasteiger partial charge in [0.1, 0.15) is 0 Å². The van der Waals surface area contributed by atoms with Gasteiger partial charge < -0.3 is 10.0 Å². The lowest BCUT2D eigenvalue weighted by atomic mass is 10.0. The van der Waals surface area contributed by atoms with Crippen molar-refractivity contribution in [1.29, 1.82) is 0 Å². The lowest BCUT2D eigenvalue weighted by Crippen LogP contribution is -2.45. The van der Waals surface area contributed by atoms with Crippen LogP contribution in [0.15, 0.2) is 28.1 Å². The van der Waals surface area contributed by atoms with Crippen LogP contribution in [0.1, 0.15) is 25.0 Å². The van der Waals surface area contributed by atoms with Crippen LogP contribution >= 0.6 is 11.8 Å². The van der Waals surface area contributed by atoms with Crippen molar-refractivity contribution in [3.63, 3.8) is 0 Å². The number of thioether (sulfide) groups is 1. The summed E-state index contributed by atoms with van der Waals surface area (Å²) in [4.78, 5) is 6.22. The van der Waals surface area contributed by atoms with Crippen LogP contribution in [0.2, 0.25) is 0 Å². The van der Waals surface area contributed by atoms with E-state index >= 15 is 0 Å². The van der Waals surface area contributed by atoms with E-state index in [1.165, 1.54) is 17.8 Å². The van der Waals surface area contributed by atoms with Gasteiger partial charge in [0.15, 0.2) is 10.9 Å². The number of nitrogens with zero attached hydrogens (tertiary/aromatic N) is 2. The average molecular weight is 343 g/mol. The number of aliphatic imine (C=N–C) groups is 1. The van der Waals surface area contributed by atoms with Crippen LogP contribution in [-0.4, -0.2) is 42.4 Å². The predicted octanol–water partition coefficient (Wildman–Crippen LogP) is 1.23. The maximum Gasteiger partial charge on any atom is 0.238 e. The number of sulfonamides is 1. The number of hydrogen-bond donors (Lipinski definition) is 2. The first kappa shape index (κ1) is 17.3. The molecule has 1 heterocycles. The van der Waals surface area contributed by atoms with Gasteiger partial charge in [-0.3, -0.25) is 4.99 Å². The highest BCUT2D eigenvalue weighted by atomic mass is 32.2. The molecule has 122 valence electrons. The van der Waals surface area contributed by atoms with Crippen molar-refractivity contribution < 1.29 is 13.5 Å². The molecule has 0 aromatic heterocycles. The van der Waals surface area contributed by atoms with Gasteiger partial charge in [-0.15, -0.1) is 0 Å². The molecule has 2 rings (SSSR count). The smallest absolute Gasteiger partial charge is 0.238 e. The van der Waals surface area contributed by atoms with Crippen molar-refractivity contribution in [1.82, 2.24) is 4.90 Å². The number of primary sulfonamides is 1. The van der Waals surface area contributed by atoms with Gasteiger partial charge >= 0.3 is 0 Å². The molecule has 0 spiro atoms. The zero-order valence-corrected chi connectivity index (χ0v) is 14.5. The van der Waals surface area contributed by atoms with Crippen molar-refractivity contribution in [2.45, 2.75) is 31.4 Å². The second-order valence-corrected chi connectivity index (χ2v) is 7.60. The maximum absolute atomic E-state index is 11.7. The maximum atomic E-state index is 11.7. The molecule has 8 heteroatoms. The van der Waals surface area contributed by atoms with Crippen LogP contribution in [0, 0.1) is 6.92 Å². The van der Waals surface area contributed by atoms with E-state index in [0.29, 0.717) is 30.0 Å². The monoisotopic (exact) mass is 343 g/mol. The molecular weight excluding hydrogens is 322 g/mol. The van der Waals surface area contributed by atoms with E-state index in [1.54, 1.807) is 24.0 Å². The third kappa shape index (κ3) is 3.01. The molecule has 1 aliphatic rings. The molecule has 22 heavy (non-hydrogen) atoms. The molecule has 1 aromatic carbocycles. The van der Waals surface area contributed by atoms with Crippen LogP contribution in [0.5, 0.6) is 0 Å². The zero-order valence-electron chi connectivity index (χ0n) is 12.9. The van der Waals surface area contributed by atoms with Crippen LogP contribution < -0.4 is 5.14 Å². The Morgan fingerprint density at radius 3 is 2.68 bits per heavy atom. The molecule has 0 amide bonds. The minimum atomic E-state index is -3.83. The molecule has 1 unspecified atom stereocenters. The molecule has 0 aliphatic carbocycles. The summed E-state index contributed by atoms with van der Waals surface area (Å²) in [5.41, 5.74) is -0.204. The minimum Gasteiger partial charge on any atom is -0.366 e. The van der Waals surface area contributed by atoms with E-state index in [0.717, 1.165) is 5.17 Å². The molecule has 1 atom stereocenters. The molecule has 1 saturated heterocycles. The zero-order chi connectivity index (χ0) is 16.5. The number of aliphatic hydroxyl groups is 1. The molecule has 0 bridgehead atoms. The fourth-order valence-electron chi connectivity index (χ4n) is 2.54. The molecule has 3 N–H and O–H groups in total. The Bertz CT molecular complexity index is 703. The predicted molar refractivity (Wildman–Crippen MR) is 89.3 cm³/mol. The summed E-state index contributed by atoms with van der Waals surface area (Å²) >= 11 is 1.46. The van der Waals surface area contributed by atoms with Gasteiger partial charge in [-0.25, -0.2) is 13.6 Å². The summed E-state index contributed by atoms with van der Waals surface area (Å²) in [5, 5.41) is 17.1. The summed E-state index contributed by atoms with van der Waals surface area (Å²) in [6, 6.07) is 4.87. The van der Waals surface area contributed by atoms with Crippen LogP contribution in [0.25, 0.3) is 0 Å². The fourth-order valence-corrected chi connectivity index (χ4v) is 4.65. The summed E-state index contributed by atoms with van der Waals surface area (Å²) < 4.78 is 23.4. The van der Waals surface area contributed by atoms with E-state index in [4.69, 9.17) is 5.14 Å². The Kier molecular flexibility index (Phi) is 4.86. The Morgan fingerprint density at radius 1 is 1.45 bits per heavy atom. The number of rotatable bonds is 4. The summed E-state index contributed by atoms with van der Waals surface area (Å²) in [6.07, 6.45) is 0. The Hall–Kier alpha value is -1.09. The number of aryl methyl sites for hydroxylation is 1. The van der Waals surface area contributed by atoms with Crippen molar-refractivity contribution in [2.75, 3.05) is 18.8 Å². The van der Waals surface area contributed by atoms with Gasteiger partial charge in [0.2, 0.25) is 10.0 Å². The van der Waals surface area contributed by atoms with Gasteiger partial charge in [-0.2, -0.15) is 0 Å². The minimum absolute atomic E-state index is 0.0420. The fraction of sp³-hybridized carbons (Fsp3) is 0.500. The largest absolute Gasteiger partial charge is 0.366 e. The van der Waals surface area contributed by atoms with Gasteiger partial charge in [0, 0.05) is 18.7 Å². The third-order valence-electron chi connectivity index (χ3n) is 3.65. The number of benzene rings is 1. The topological polar surface area (TPSA) is 96.0 Å². The van der Waals surface area contributed by atoms with Crippen LogP contribution in [-0.2, 0) is 15.7 Å². The first-order chi connectivity index (χ1) is 10.2. The van der Waals surface area contributed by atoms with E-state index in [-0.39, 0.29) is 4.90 Å². The molecule has 6 nitrogen and oxygen atoms in total. The standard InChI is InChI=1S/C14H21N3O3S2/c1-4-16-13-17(5-2)14(18,9-21-13)11-7-6-10(3)12(8-11)22(15,19)20/h6-8,18H,4-5,9H2,1-3H3,(H2,15,19,20). The summed E-state index contributed by atoms with van der Waals surface area (Å²) in [6.45, 7) is 6.74. The second kappa shape index (κ2) is 6.19. The van der Waals surface area contributed by atoms with Gasteiger partial charge in [0.25, 0.3) is 0 Å². The Balaban J connectivity index is 2.54. The van der Waals surface area contributed by atoms with Crippen molar-refractivity contribution in [3.8, 4) is 0 Å². The van der Waals surface area contributed by atoms with E-state index in [2.05, 4.69) is 4.99 Å². The summed E-state index contributed by atoms with van der Waals surface area (Å²) in [7, 11) is -3.83. The SMILES string of the molecule is CCN=C1SCC(O)(c2ccc(C)c(S(N)(=O)=O)c2)N1CC. The van der Waals surface area contributed by atoms with Crippen LogP contribution in [0.3, 0.4) is 0 Å². The molecule has 0 radical (unpaired) electrons. The molecule has 1 fully saturated rings. The molecule has 1 aromatic rings. The van der Waals surface area contributed by atoms with Crippen LogP contribution in [0.4, 0.5) is 0 Å².